The Hall–Kier alpha value is -3.51. The van der Waals surface area contributed by atoms with Gasteiger partial charge in [0.25, 0.3) is 5.91 Å². The smallest absolute Gasteiger partial charge is 0.252 e. The summed E-state index contributed by atoms with van der Waals surface area (Å²) < 4.78 is 38.1. The molecule has 2 saturated heterocycles. The summed E-state index contributed by atoms with van der Waals surface area (Å²) in [4.78, 5) is 45.0. The van der Waals surface area contributed by atoms with Crippen LogP contribution in [0.25, 0.3) is 0 Å². The van der Waals surface area contributed by atoms with Gasteiger partial charge in [-0.15, -0.1) is 0 Å². The number of sulfonamides is 1. The Morgan fingerprint density at radius 3 is 2.76 bits per heavy atom. The maximum absolute atomic E-state index is 13.6. The van der Waals surface area contributed by atoms with E-state index in [1.165, 1.54) is 15.4 Å². The number of likely N-dealkylation sites (tertiary alicyclic amines) is 1. The first-order chi connectivity index (χ1) is 17.8. The fourth-order valence-electron chi connectivity index (χ4n) is 5.16. The second-order valence-electron chi connectivity index (χ2n) is 9.30. The Morgan fingerprint density at radius 1 is 1.19 bits per heavy atom. The first-order valence-electron chi connectivity index (χ1n) is 12.2. The zero-order valence-electron chi connectivity index (χ0n) is 20.3. The summed E-state index contributed by atoms with van der Waals surface area (Å²) in [6, 6.07) is 7.46. The van der Waals surface area contributed by atoms with E-state index in [4.69, 9.17) is 9.47 Å². The molecule has 1 aromatic heterocycles. The fourth-order valence-corrected chi connectivity index (χ4v) is 6.83. The first-order valence-corrected chi connectivity index (χ1v) is 13.8. The van der Waals surface area contributed by atoms with Crippen molar-refractivity contribution < 1.29 is 32.3 Å². The molecule has 0 saturated carbocycles. The molecule has 196 valence electrons. The van der Waals surface area contributed by atoms with Crippen LogP contribution in [0.2, 0.25) is 0 Å². The van der Waals surface area contributed by atoms with Gasteiger partial charge in [0.15, 0.2) is 17.3 Å². The van der Waals surface area contributed by atoms with Gasteiger partial charge < -0.3 is 19.7 Å². The van der Waals surface area contributed by atoms with E-state index >= 15 is 0 Å². The summed E-state index contributed by atoms with van der Waals surface area (Å²) in [5.74, 6) is -0.473. The molecule has 3 atom stereocenters. The van der Waals surface area contributed by atoms with E-state index in [2.05, 4.69) is 10.3 Å². The van der Waals surface area contributed by atoms with Crippen LogP contribution in [0.3, 0.4) is 0 Å². The lowest BCUT2D eigenvalue weighted by atomic mass is 10.1. The largest absolute Gasteiger partial charge is 0.454 e. The van der Waals surface area contributed by atoms with Crippen LogP contribution >= 0.6 is 0 Å². The van der Waals surface area contributed by atoms with Gasteiger partial charge in [0, 0.05) is 18.3 Å². The summed E-state index contributed by atoms with van der Waals surface area (Å²) in [7, 11) is -3.82. The molecule has 2 fully saturated rings. The predicted octanol–water partition coefficient (Wildman–Crippen LogP) is 1.09. The van der Waals surface area contributed by atoms with Crippen LogP contribution < -0.4 is 14.8 Å². The van der Waals surface area contributed by atoms with Crippen molar-refractivity contribution in [2.75, 3.05) is 19.9 Å². The molecule has 4 heterocycles. The normalized spacial score (nSPS) is 21.6. The van der Waals surface area contributed by atoms with Crippen molar-refractivity contribution in [2.24, 2.45) is 0 Å². The number of aromatic nitrogens is 1. The molecular formula is C25H28N4O7S. The Labute approximate surface area is 214 Å². The first kappa shape index (κ1) is 25.2. The highest BCUT2D eigenvalue weighted by Crippen LogP contribution is 2.34. The number of benzene rings is 1. The van der Waals surface area contributed by atoms with Gasteiger partial charge in [0.05, 0.1) is 18.3 Å². The van der Waals surface area contributed by atoms with Gasteiger partial charge in [-0.3, -0.25) is 19.4 Å². The third-order valence-electron chi connectivity index (χ3n) is 6.89. The summed E-state index contributed by atoms with van der Waals surface area (Å²) in [6.07, 6.45) is 2.86. The van der Waals surface area contributed by atoms with Crippen molar-refractivity contribution >= 4 is 27.6 Å². The Balaban J connectivity index is 1.30. The maximum Gasteiger partial charge on any atom is 0.252 e. The number of hydrogen-bond donors (Lipinski definition) is 1. The van der Waals surface area contributed by atoms with Crippen LogP contribution in [0.5, 0.6) is 11.5 Å². The van der Waals surface area contributed by atoms with Crippen LogP contribution in [0.4, 0.5) is 0 Å². The lowest BCUT2D eigenvalue weighted by Crippen LogP contribution is -2.52. The molecule has 2 aromatic rings. The second-order valence-corrected chi connectivity index (χ2v) is 11.2. The van der Waals surface area contributed by atoms with Gasteiger partial charge in [0.1, 0.15) is 17.8 Å². The van der Waals surface area contributed by atoms with Crippen molar-refractivity contribution in [1.29, 1.82) is 0 Å². The number of Topliss-reactive ketones (excluding diaryl/α,β-unsaturated/α-hetero) is 1. The van der Waals surface area contributed by atoms with Crippen LogP contribution in [-0.2, 0) is 25.4 Å². The maximum atomic E-state index is 13.6. The molecule has 11 nitrogen and oxygen atoms in total. The molecule has 0 radical (unpaired) electrons. The highest BCUT2D eigenvalue weighted by molar-refractivity contribution is 7.88. The van der Waals surface area contributed by atoms with Gasteiger partial charge >= 0.3 is 0 Å². The number of ketones is 1. The van der Waals surface area contributed by atoms with Crippen molar-refractivity contribution in [2.45, 2.75) is 50.1 Å². The Morgan fingerprint density at radius 2 is 2.00 bits per heavy atom. The molecule has 37 heavy (non-hydrogen) atoms. The number of rotatable bonds is 8. The molecule has 5 rings (SSSR count). The van der Waals surface area contributed by atoms with E-state index in [-0.39, 0.29) is 37.3 Å². The zero-order valence-corrected chi connectivity index (χ0v) is 21.1. The van der Waals surface area contributed by atoms with Crippen molar-refractivity contribution in [3.63, 3.8) is 0 Å². The summed E-state index contributed by atoms with van der Waals surface area (Å²) >= 11 is 0. The van der Waals surface area contributed by atoms with E-state index in [0.717, 1.165) is 0 Å². The van der Waals surface area contributed by atoms with Crippen LogP contribution in [0, 0.1) is 0 Å². The zero-order chi connectivity index (χ0) is 26.2. The molecule has 0 spiro atoms. The SMILES string of the molecule is CCCC(NC(=O)c1ccc2c(c1)OCO2)C(=O)N1CCC2C1C(=O)CN2S(=O)(=O)Cc1ccccn1. The third-order valence-corrected chi connectivity index (χ3v) is 8.66. The van der Waals surface area contributed by atoms with Crippen molar-refractivity contribution in [3.05, 3.63) is 53.9 Å². The lowest BCUT2D eigenvalue weighted by molar-refractivity contribution is -0.138. The molecule has 1 N–H and O–H groups in total. The Kier molecular flexibility index (Phi) is 6.86. The minimum absolute atomic E-state index is 0.0808. The van der Waals surface area contributed by atoms with E-state index in [1.807, 2.05) is 6.92 Å². The topological polar surface area (TPSA) is 135 Å². The second kappa shape index (κ2) is 10.1. The standard InChI is InChI=1S/C25H28N4O7S/c1-2-5-18(27-24(31)16-7-8-21-22(12-16)36-15-35-21)25(32)28-11-9-19-23(28)20(30)13-29(19)37(33,34)14-17-6-3-4-10-26-17/h3-4,6-8,10,12,18-19,23H,2,5,9,11,13-15H2,1H3,(H,27,31). The fraction of sp³-hybridized carbons (Fsp3) is 0.440. The van der Waals surface area contributed by atoms with E-state index in [1.54, 1.807) is 36.4 Å². The number of amides is 2. The highest BCUT2D eigenvalue weighted by atomic mass is 32.2. The predicted molar refractivity (Wildman–Crippen MR) is 131 cm³/mol. The molecule has 1 aromatic carbocycles. The van der Waals surface area contributed by atoms with E-state index < -0.39 is 34.1 Å². The number of nitrogens with one attached hydrogen (secondary N) is 1. The number of ether oxygens (including phenoxy) is 2. The summed E-state index contributed by atoms with van der Waals surface area (Å²) in [5.41, 5.74) is 0.708. The molecule has 2 amide bonds. The molecule has 12 heteroatoms. The number of pyridine rings is 1. The molecule has 3 aliphatic heterocycles. The lowest BCUT2D eigenvalue weighted by Gasteiger charge is -2.28. The van der Waals surface area contributed by atoms with Gasteiger partial charge in [-0.2, -0.15) is 4.31 Å². The van der Waals surface area contributed by atoms with Gasteiger partial charge in [-0.25, -0.2) is 8.42 Å². The van der Waals surface area contributed by atoms with Crippen LogP contribution in [-0.4, -0.2) is 78.2 Å². The number of hydrogen-bond acceptors (Lipinski definition) is 8. The van der Waals surface area contributed by atoms with Crippen molar-refractivity contribution in [1.82, 2.24) is 19.5 Å². The van der Waals surface area contributed by atoms with E-state index in [9.17, 15) is 22.8 Å². The van der Waals surface area contributed by atoms with Crippen LogP contribution in [0.1, 0.15) is 42.2 Å². The minimum atomic E-state index is -3.82. The average molecular weight is 529 g/mol. The average Bonchev–Trinajstić information content (AvgIpc) is 3.60. The van der Waals surface area contributed by atoms with Gasteiger partial charge in [-0.05, 0) is 43.2 Å². The highest BCUT2D eigenvalue weighted by Gasteiger charge is 2.54. The molecule has 3 unspecified atom stereocenters. The number of carbonyl (C=O) groups is 3. The summed E-state index contributed by atoms with van der Waals surface area (Å²) in [6.45, 7) is 1.93. The molecule has 0 bridgehead atoms. The quantitative estimate of drug-likeness (QED) is 0.538. The minimum Gasteiger partial charge on any atom is -0.454 e. The third kappa shape index (κ3) is 4.90. The number of fused-ring (bicyclic) bond motifs is 2. The number of carbonyl (C=O) groups excluding carboxylic acids is 3. The Bertz CT molecular complexity index is 1320. The molecule has 3 aliphatic rings. The van der Waals surface area contributed by atoms with Crippen molar-refractivity contribution in [3.8, 4) is 11.5 Å². The monoisotopic (exact) mass is 528 g/mol. The van der Waals surface area contributed by atoms with E-state index in [0.29, 0.717) is 42.0 Å². The van der Waals surface area contributed by atoms with Crippen LogP contribution in [0.15, 0.2) is 42.6 Å². The number of nitrogens with zero attached hydrogens (tertiary/aromatic N) is 3. The molecular weight excluding hydrogens is 500 g/mol. The van der Waals surface area contributed by atoms with Gasteiger partial charge in [0.2, 0.25) is 22.7 Å². The molecule has 0 aliphatic carbocycles. The summed E-state index contributed by atoms with van der Waals surface area (Å²) in [5, 5.41) is 2.79. The van der Waals surface area contributed by atoms with Gasteiger partial charge in [-0.1, -0.05) is 19.4 Å².